The Morgan fingerprint density at radius 2 is 0.818 bits per heavy atom. The Balaban J connectivity index is 0. The molecular weight excluding hydrogens is 1160 g/mol. The molecule has 0 aliphatic carbocycles. The molecule has 0 aliphatic rings. The van der Waals surface area contributed by atoms with E-state index in [-0.39, 0.29) is 112 Å². The van der Waals surface area contributed by atoms with Crippen LogP contribution in [-0.4, -0.2) is 55.0 Å². The number of sulfonamides is 1. The van der Waals surface area contributed by atoms with Crippen molar-refractivity contribution < 1.29 is 154 Å². The van der Waals surface area contributed by atoms with Crippen LogP contribution < -0.4 is 100.0 Å². The Bertz CT molecular complexity index is 2950. The van der Waals surface area contributed by atoms with Crippen LogP contribution in [0.2, 0.25) is 0 Å². The number of rotatable bonds is 7. The van der Waals surface area contributed by atoms with Crippen LogP contribution in [-0.2, 0) is 75.7 Å². The number of nitrogens with two attached hydrogens (primary N) is 1. The molecule has 4 aromatic carbocycles. The third kappa shape index (κ3) is 26.5. The minimum absolute atomic E-state index is 0. The van der Waals surface area contributed by atoms with Crippen molar-refractivity contribution in [3.8, 4) is 0 Å². The van der Waals surface area contributed by atoms with Gasteiger partial charge in [0, 0.05) is 37.6 Å². The first-order valence-electron chi connectivity index (χ1n) is 16.0. The summed E-state index contributed by atoms with van der Waals surface area (Å²) < 4.78 is 129. The molecule has 0 spiro atoms. The third-order valence-electron chi connectivity index (χ3n) is 6.90. The molecule has 4 heterocycles. The molecule has 0 bridgehead atoms. The number of nitrogens with zero attached hydrogens (tertiary/aromatic N) is 4. The van der Waals surface area contributed by atoms with E-state index in [4.69, 9.17) is 46.9 Å². The van der Waals surface area contributed by atoms with Gasteiger partial charge >= 0.3 is 93.9 Å². The van der Waals surface area contributed by atoms with Gasteiger partial charge in [-0.15, -0.1) is 0 Å². The van der Waals surface area contributed by atoms with Gasteiger partial charge in [0.15, 0.2) is 22.3 Å². The van der Waals surface area contributed by atoms with Gasteiger partial charge in [-0.1, -0.05) is 85.1 Å². The molecule has 4 aromatic heterocycles. The summed E-state index contributed by atoms with van der Waals surface area (Å²) in [5.74, 6) is -1.25. The zero-order valence-electron chi connectivity index (χ0n) is 34.2. The molecule has 0 saturated carbocycles. The Kier molecular flexibility index (Phi) is 32.2. The Labute approximate surface area is 471 Å². The van der Waals surface area contributed by atoms with Crippen LogP contribution in [0.4, 0.5) is 0 Å². The summed E-state index contributed by atoms with van der Waals surface area (Å²) in [6, 6.07) is 28.7. The fourth-order valence-corrected chi connectivity index (χ4v) is 7.06. The second-order valence-corrected chi connectivity index (χ2v) is 24.8. The second-order valence-electron chi connectivity index (χ2n) is 11.4. The number of hydrogen-bond donors (Lipinski definition) is 2. The molecule has 5 N–H and O–H groups in total. The minimum Gasteiger partial charge on any atom is -0.917 e. The van der Waals surface area contributed by atoms with Gasteiger partial charge in [0.2, 0.25) is 19.1 Å². The zero-order chi connectivity index (χ0) is 46.3. The molecule has 0 fully saturated rings. The molecule has 8 rings (SSSR count). The molecule has 34 heteroatoms. The molecule has 0 radical (unpaired) electrons. The van der Waals surface area contributed by atoms with E-state index in [1.54, 1.807) is 72.8 Å². The van der Waals surface area contributed by atoms with Gasteiger partial charge in [-0.3, -0.25) is 4.57 Å². The topological polar surface area (TPSA) is 365 Å². The van der Waals surface area contributed by atoms with E-state index in [1.165, 1.54) is 0 Å². The number of benzene rings is 4. The van der Waals surface area contributed by atoms with Crippen LogP contribution in [0.1, 0.15) is 22.8 Å². The monoisotopic (exact) mass is 1180 g/mol. The van der Waals surface area contributed by atoms with Gasteiger partial charge in [0.05, 0.1) is 5.75 Å². The zero-order valence-corrected chi connectivity index (χ0v) is 49.0. The van der Waals surface area contributed by atoms with Gasteiger partial charge in [-0.2, -0.15) is 11.0 Å². The normalized spacial score (nSPS) is 10.9. The Hall–Kier alpha value is -0.730. The first kappa shape index (κ1) is 67.3. The van der Waals surface area contributed by atoms with Crippen molar-refractivity contribution in [1.82, 2.24) is 26.8 Å². The van der Waals surface area contributed by atoms with E-state index < -0.39 is 51.1 Å². The van der Waals surface area contributed by atoms with Crippen molar-refractivity contribution in [1.29, 1.82) is 0 Å². The summed E-state index contributed by atoms with van der Waals surface area (Å²) in [5.41, 5.74) is 4.26. The summed E-state index contributed by atoms with van der Waals surface area (Å²) in [6.07, 6.45) is 0. The number of para-hydroxylation sites is 4. The van der Waals surface area contributed by atoms with Crippen molar-refractivity contribution in [3.63, 3.8) is 0 Å². The maximum atomic E-state index is 10.8. The maximum Gasteiger partial charge on any atom is 1.00 e. The number of hydrogen-bond acceptors (Lipinski definition) is 21. The first-order chi connectivity index (χ1) is 28.8. The number of fused-ring (bicyclic) bond motifs is 4. The summed E-state index contributed by atoms with van der Waals surface area (Å²) >= 11 is 17.2. The average molecular weight is 1190 g/mol. The van der Waals surface area contributed by atoms with Crippen molar-refractivity contribution in [2.75, 3.05) is 0 Å². The van der Waals surface area contributed by atoms with Gasteiger partial charge < -0.3 is 41.8 Å². The largest absolute Gasteiger partial charge is 1.00 e. The molecule has 0 atom stereocenters. The molecule has 0 saturated heterocycles. The SMILES string of the molecule is BrCc1noc2ccccc12.N.NS(=O)(=O)Cc1noc2ccccc12.O=P(Cl)(Cl)Cl.O=S(=O)(Cl)Cc1noc2ccccc12.O=S(=O)([O-])Cc1noc2ccccc12.O=[S-](=O)[O-].[Na+].[Na+].[Na+]. The van der Waals surface area contributed by atoms with Crippen LogP contribution in [0.25, 0.3) is 43.9 Å². The Morgan fingerprint density at radius 1 is 0.576 bits per heavy atom. The van der Waals surface area contributed by atoms with Crippen LogP contribution >= 0.6 is 65.5 Å². The van der Waals surface area contributed by atoms with E-state index >= 15 is 0 Å². The summed E-state index contributed by atoms with van der Waals surface area (Å²) in [7, 11) is -9.46. The maximum absolute atomic E-state index is 10.8. The number of halogens is 5. The smallest absolute Gasteiger partial charge is 0.917 e. The number of aromatic nitrogens is 4. The molecule has 344 valence electrons. The standard InChI is InChI=1S/C8H6BrNO.C8H6ClNO3S.C8H8N2O3S.C8H7NO4S.Cl3OP.H3N.3Na.O3S/c9-5-7-6-3-1-2-4-8(6)11-10-7;2*9-14(11,12)5-7-6-3-1-2-4-8(6)13-10-7;10-14(11,12)5-7-6-3-1-2-4-8(6)13-9-7;1-5(2,3)4;;;;;1-4(2)3/h1-4H,5H2;1-4H,5H2;1-4H,5H2,(H2,9,11,12);1-4H,5H2,(H,10,11,12);;1H3;;;;/q;;;;;;3*+1;-2/p-1. The van der Waals surface area contributed by atoms with Gasteiger partial charge in [-0.05, 0) is 82.3 Å². The van der Waals surface area contributed by atoms with Crippen molar-refractivity contribution in [2.45, 2.75) is 22.6 Å². The molecule has 8 aromatic rings. The van der Waals surface area contributed by atoms with Gasteiger partial charge in [0.25, 0.3) is 0 Å². The van der Waals surface area contributed by atoms with E-state index in [0.29, 0.717) is 44.3 Å². The van der Waals surface area contributed by atoms with Crippen molar-refractivity contribution >= 4 is 150 Å². The van der Waals surface area contributed by atoms with Crippen LogP contribution in [0.15, 0.2) is 115 Å². The fraction of sp³-hybridized carbons (Fsp3) is 0.125. The molecule has 66 heavy (non-hydrogen) atoms. The molecule has 0 aliphatic heterocycles. The van der Waals surface area contributed by atoms with E-state index in [0.717, 1.165) is 22.0 Å². The molecule has 0 unspecified atom stereocenters. The van der Waals surface area contributed by atoms with Gasteiger partial charge in [-0.25, -0.2) is 30.4 Å². The summed E-state index contributed by atoms with van der Waals surface area (Å²) in [5, 5.41) is 20.1. The quantitative estimate of drug-likeness (QED) is 0.0387. The van der Waals surface area contributed by atoms with Crippen molar-refractivity contribution in [2.24, 2.45) is 5.14 Å². The Morgan fingerprint density at radius 3 is 1.08 bits per heavy atom. The fourth-order valence-electron chi connectivity index (χ4n) is 4.68. The summed E-state index contributed by atoms with van der Waals surface area (Å²) in [4.78, 5) is 0. The van der Waals surface area contributed by atoms with E-state index in [9.17, 15) is 34.4 Å². The van der Waals surface area contributed by atoms with Crippen LogP contribution in [0, 0.1) is 0 Å². The first-order valence-corrected chi connectivity index (χ1v) is 28.4. The average Bonchev–Trinajstić information content (AvgIpc) is 3.96. The predicted octanol–water partition coefficient (Wildman–Crippen LogP) is -0.481. The van der Waals surface area contributed by atoms with Crippen LogP contribution in [0.3, 0.4) is 0 Å². The minimum atomic E-state index is -4.31. The summed E-state index contributed by atoms with van der Waals surface area (Å²) in [6.45, 7) is 0. The van der Waals surface area contributed by atoms with Crippen molar-refractivity contribution in [3.05, 3.63) is 120 Å². The molecular formula is C32H29BrCl4N6Na3O15PS4. The molecule has 0 amide bonds. The second kappa shape index (κ2) is 31.6. The number of alkyl halides is 1. The van der Waals surface area contributed by atoms with Gasteiger partial charge in [0.1, 0.15) is 44.4 Å². The molecule has 21 nitrogen and oxygen atoms in total. The van der Waals surface area contributed by atoms with Crippen LogP contribution in [0.5, 0.6) is 0 Å². The number of primary sulfonamides is 1. The predicted molar refractivity (Wildman–Crippen MR) is 237 cm³/mol. The van der Waals surface area contributed by atoms with E-state index in [1.807, 2.05) is 24.3 Å². The third-order valence-corrected chi connectivity index (χ3v) is 9.68. The van der Waals surface area contributed by atoms with E-state index in [2.05, 4.69) is 70.3 Å².